The molecule has 10 nitrogen and oxygen atoms in total. The molecule has 1 aliphatic heterocycles. The van der Waals surface area contributed by atoms with Gasteiger partial charge in [0.05, 0.1) is 23.2 Å². The Kier molecular flexibility index (Phi) is 6.43. The number of amides is 3. The van der Waals surface area contributed by atoms with Crippen molar-refractivity contribution in [3.05, 3.63) is 34.4 Å². The minimum Gasteiger partial charge on any atom is -0.452 e. The van der Waals surface area contributed by atoms with Crippen molar-refractivity contribution in [2.75, 3.05) is 11.9 Å². The number of esters is 1. The smallest absolute Gasteiger partial charge is 0.308 e. The molecule has 1 saturated heterocycles. The summed E-state index contributed by atoms with van der Waals surface area (Å²) in [5, 5.41) is 13.4. The van der Waals surface area contributed by atoms with E-state index < -0.39 is 22.9 Å². The van der Waals surface area contributed by atoms with Crippen molar-refractivity contribution >= 4 is 35.1 Å². The highest BCUT2D eigenvalue weighted by Crippen LogP contribution is 2.38. The van der Waals surface area contributed by atoms with Crippen LogP contribution in [0.3, 0.4) is 0 Å². The van der Waals surface area contributed by atoms with E-state index in [9.17, 15) is 29.3 Å². The van der Waals surface area contributed by atoms with Crippen molar-refractivity contribution in [3.63, 3.8) is 0 Å². The van der Waals surface area contributed by atoms with Crippen LogP contribution in [0.25, 0.3) is 0 Å². The molecular formula is C20H23N3O7. The van der Waals surface area contributed by atoms with E-state index in [1.807, 2.05) is 0 Å². The SMILES string of the molecule is C[C@@H](OC(=O)CCN1C(=O)[C@H]2CCCC[C@H]2C1=O)C(=O)Nc1ccccc1[N+](=O)[O-]. The number of nitro benzene ring substituents is 1. The Morgan fingerprint density at radius 3 is 2.40 bits per heavy atom. The molecule has 1 aliphatic carbocycles. The van der Waals surface area contributed by atoms with Gasteiger partial charge < -0.3 is 10.1 Å². The molecular weight excluding hydrogens is 394 g/mol. The summed E-state index contributed by atoms with van der Waals surface area (Å²) in [4.78, 5) is 60.7. The van der Waals surface area contributed by atoms with E-state index in [4.69, 9.17) is 4.74 Å². The summed E-state index contributed by atoms with van der Waals surface area (Å²) in [6.45, 7) is 1.25. The number of hydrogen-bond donors (Lipinski definition) is 1. The maximum atomic E-state index is 12.4. The second kappa shape index (κ2) is 9.02. The summed E-state index contributed by atoms with van der Waals surface area (Å²) >= 11 is 0. The van der Waals surface area contributed by atoms with Gasteiger partial charge in [0, 0.05) is 12.6 Å². The van der Waals surface area contributed by atoms with E-state index in [2.05, 4.69) is 5.32 Å². The summed E-state index contributed by atoms with van der Waals surface area (Å²) in [7, 11) is 0. The minimum atomic E-state index is -1.20. The lowest BCUT2D eigenvalue weighted by molar-refractivity contribution is -0.383. The van der Waals surface area contributed by atoms with Gasteiger partial charge in [-0.25, -0.2) is 0 Å². The van der Waals surface area contributed by atoms with E-state index in [1.165, 1.54) is 31.2 Å². The molecule has 0 aromatic heterocycles. The molecule has 1 heterocycles. The van der Waals surface area contributed by atoms with Crippen LogP contribution in [0, 0.1) is 22.0 Å². The number of fused-ring (bicyclic) bond motifs is 1. The van der Waals surface area contributed by atoms with Crippen LogP contribution in [0.1, 0.15) is 39.0 Å². The number of carbonyl (C=O) groups excluding carboxylic acids is 4. The van der Waals surface area contributed by atoms with Gasteiger partial charge in [0.15, 0.2) is 6.10 Å². The number of hydrogen-bond acceptors (Lipinski definition) is 7. The molecule has 1 aromatic carbocycles. The fraction of sp³-hybridized carbons (Fsp3) is 0.500. The highest BCUT2D eigenvalue weighted by atomic mass is 16.6. The second-order valence-corrected chi connectivity index (χ2v) is 7.47. The molecule has 160 valence electrons. The highest BCUT2D eigenvalue weighted by molar-refractivity contribution is 6.05. The Morgan fingerprint density at radius 2 is 1.80 bits per heavy atom. The van der Waals surface area contributed by atoms with E-state index >= 15 is 0 Å². The highest BCUT2D eigenvalue weighted by Gasteiger charge is 2.47. The number of imide groups is 1. The number of benzene rings is 1. The molecule has 30 heavy (non-hydrogen) atoms. The Labute approximate surface area is 172 Å². The zero-order chi connectivity index (χ0) is 21.8. The van der Waals surface area contributed by atoms with Crippen LogP contribution in [-0.2, 0) is 23.9 Å². The third kappa shape index (κ3) is 4.47. The van der Waals surface area contributed by atoms with Crippen LogP contribution in [0.5, 0.6) is 0 Å². The molecule has 3 atom stereocenters. The summed E-state index contributed by atoms with van der Waals surface area (Å²) in [5.41, 5.74) is -0.289. The number of ether oxygens (including phenoxy) is 1. The standard InChI is InChI=1S/C20H23N3O7/c1-12(18(25)21-15-8-4-5-9-16(15)23(28)29)30-17(24)10-11-22-19(26)13-6-2-3-7-14(13)20(22)27/h4-5,8-9,12-14H,2-3,6-7,10-11H2,1H3,(H,21,25)/t12-,13-,14+/m1/s1. The minimum absolute atomic E-state index is 0.00809. The molecule has 0 unspecified atom stereocenters. The summed E-state index contributed by atoms with van der Waals surface area (Å²) < 4.78 is 5.06. The van der Waals surface area contributed by atoms with Gasteiger partial charge in [0.2, 0.25) is 11.8 Å². The molecule has 1 aromatic rings. The first kappa shape index (κ1) is 21.4. The maximum Gasteiger partial charge on any atom is 0.308 e. The fourth-order valence-corrected chi connectivity index (χ4v) is 3.94. The molecule has 3 rings (SSSR count). The zero-order valence-electron chi connectivity index (χ0n) is 16.5. The number of nitrogens with zero attached hydrogens (tertiary/aromatic N) is 2. The molecule has 10 heteroatoms. The molecule has 0 bridgehead atoms. The molecule has 3 amide bonds. The van der Waals surface area contributed by atoms with Crippen molar-refractivity contribution in [2.45, 2.75) is 45.1 Å². The van der Waals surface area contributed by atoms with E-state index in [0.717, 1.165) is 17.7 Å². The predicted octanol–water partition coefficient (Wildman–Crippen LogP) is 2.03. The number of para-hydroxylation sites is 2. The van der Waals surface area contributed by atoms with Crippen LogP contribution in [0.2, 0.25) is 0 Å². The fourth-order valence-electron chi connectivity index (χ4n) is 3.94. The first-order chi connectivity index (χ1) is 14.3. The predicted molar refractivity (Wildman–Crippen MR) is 104 cm³/mol. The number of nitrogens with one attached hydrogen (secondary N) is 1. The average Bonchev–Trinajstić information content (AvgIpc) is 2.97. The van der Waals surface area contributed by atoms with Crippen molar-refractivity contribution in [2.24, 2.45) is 11.8 Å². The number of rotatable bonds is 7. The van der Waals surface area contributed by atoms with Crippen LogP contribution in [-0.4, -0.2) is 46.2 Å². The van der Waals surface area contributed by atoms with Gasteiger partial charge in [0.1, 0.15) is 5.69 Å². The average molecular weight is 417 g/mol. The lowest BCUT2D eigenvalue weighted by Crippen LogP contribution is -2.35. The maximum absolute atomic E-state index is 12.4. The van der Waals surface area contributed by atoms with Crippen LogP contribution >= 0.6 is 0 Å². The van der Waals surface area contributed by atoms with Crippen LogP contribution in [0.4, 0.5) is 11.4 Å². The Balaban J connectivity index is 1.51. The van der Waals surface area contributed by atoms with Crippen molar-refractivity contribution in [3.8, 4) is 0 Å². The van der Waals surface area contributed by atoms with Gasteiger partial charge >= 0.3 is 5.97 Å². The van der Waals surface area contributed by atoms with Gasteiger partial charge in [-0.15, -0.1) is 0 Å². The molecule has 2 aliphatic rings. The van der Waals surface area contributed by atoms with E-state index in [1.54, 1.807) is 0 Å². The lowest BCUT2D eigenvalue weighted by Gasteiger charge is -2.19. The quantitative estimate of drug-likeness (QED) is 0.310. The molecule has 1 N–H and O–H groups in total. The molecule has 0 spiro atoms. The number of anilines is 1. The first-order valence-electron chi connectivity index (χ1n) is 9.88. The number of nitro groups is 1. The van der Waals surface area contributed by atoms with Crippen molar-refractivity contribution < 1.29 is 28.8 Å². The second-order valence-electron chi connectivity index (χ2n) is 7.47. The van der Waals surface area contributed by atoms with Gasteiger partial charge in [-0.05, 0) is 25.8 Å². The van der Waals surface area contributed by atoms with Crippen LogP contribution < -0.4 is 5.32 Å². The third-order valence-electron chi connectivity index (χ3n) is 5.51. The first-order valence-corrected chi connectivity index (χ1v) is 9.88. The van der Waals surface area contributed by atoms with Crippen LogP contribution in [0.15, 0.2) is 24.3 Å². The lowest BCUT2D eigenvalue weighted by atomic mass is 9.81. The summed E-state index contributed by atoms with van der Waals surface area (Å²) in [5.74, 6) is -2.51. The van der Waals surface area contributed by atoms with E-state index in [-0.39, 0.29) is 48.0 Å². The molecule has 0 radical (unpaired) electrons. The zero-order valence-corrected chi connectivity index (χ0v) is 16.5. The summed E-state index contributed by atoms with van der Waals surface area (Å²) in [6.07, 6.45) is 1.80. The van der Waals surface area contributed by atoms with Crippen molar-refractivity contribution in [1.29, 1.82) is 0 Å². The van der Waals surface area contributed by atoms with Gasteiger partial charge in [-0.3, -0.25) is 34.2 Å². The molecule has 2 fully saturated rings. The largest absolute Gasteiger partial charge is 0.452 e. The topological polar surface area (TPSA) is 136 Å². The monoisotopic (exact) mass is 417 g/mol. The summed E-state index contributed by atoms with van der Waals surface area (Å²) in [6, 6.07) is 5.61. The Bertz CT molecular complexity index is 861. The van der Waals surface area contributed by atoms with Gasteiger partial charge in [-0.2, -0.15) is 0 Å². The Morgan fingerprint density at radius 1 is 1.20 bits per heavy atom. The van der Waals surface area contributed by atoms with Gasteiger partial charge in [-0.1, -0.05) is 25.0 Å². The normalized spacial score (nSPS) is 21.7. The van der Waals surface area contributed by atoms with Gasteiger partial charge in [0.25, 0.3) is 11.6 Å². The van der Waals surface area contributed by atoms with E-state index in [0.29, 0.717) is 12.8 Å². The number of likely N-dealkylation sites (tertiary alicyclic amines) is 1. The van der Waals surface area contributed by atoms with Crippen molar-refractivity contribution in [1.82, 2.24) is 4.90 Å². The number of carbonyl (C=O) groups is 4. The molecule has 1 saturated carbocycles. The third-order valence-corrected chi connectivity index (χ3v) is 5.51. The Hall–Kier alpha value is -3.30.